The van der Waals surface area contributed by atoms with Gasteiger partial charge in [0.1, 0.15) is 29.8 Å². The van der Waals surface area contributed by atoms with Crippen LogP contribution < -0.4 is 4.74 Å². The van der Waals surface area contributed by atoms with E-state index in [1.807, 2.05) is 13.0 Å². The first kappa shape index (κ1) is 22.0. The fraction of sp³-hybridized carbons (Fsp3) is 0.591. The Morgan fingerprint density at radius 2 is 2.03 bits per heavy atom. The van der Waals surface area contributed by atoms with Gasteiger partial charge in [-0.25, -0.2) is 14.5 Å². The number of rotatable bonds is 8. The van der Waals surface area contributed by atoms with Crippen molar-refractivity contribution in [2.45, 2.75) is 51.7 Å². The number of amides is 1. The van der Waals surface area contributed by atoms with Crippen molar-refractivity contribution in [3.05, 3.63) is 23.5 Å². The molecule has 2 aliphatic carbocycles. The molecule has 32 heavy (non-hydrogen) atoms. The van der Waals surface area contributed by atoms with Gasteiger partial charge in [-0.15, -0.1) is 5.10 Å². The van der Waals surface area contributed by atoms with Gasteiger partial charge in [0.25, 0.3) is 0 Å². The van der Waals surface area contributed by atoms with Crippen LogP contribution in [0.5, 0.6) is 5.75 Å². The molecule has 172 valence electrons. The zero-order valence-corrected chi connectivity index (χ0v) is 18.7. The summed E-state index contributed by atoms with van der Waals surface area (Å²) in [6, 6.07) is 3.59. The van der Waals surface area contributed by atoms with Gasteiger partial charge in [-0.1, -0.05) is 11.6 Å². The normalized spacial score (nSPS) is 20.2. The van der Waals surface area contributed by atoms with Crippen LogP contribution >= 0.6 is 0 Å². The quantitative estimate of drug-likeness (QED) is 0.661. The molecule has 1 N–H and O–H groups in total. The maximum absolute atomic E-state index is 12.4. The van der Waals surface area contributed by atoms with Gasteiger partial charge in [0.15, 0.2) is 0 Å². The molecule has 0 spiro atoms. The molecule has 1 amide bonds. The van der Waals surface area contributed by atoms with Crippen LogP contribution in [0.1, 0.15) is 43.5 Å². The Bertz CT molecular complexity index is 997. The van der Waals surface area contributed by atoms with E-state index in [-0.39, 0.29) is 24.7 Å². The highest BCUT2D eigenvalue weighted by atomic mass is 16.6. The van der Waals surface area contributed by atoms with Crippen LogP contribution in [0.15, 0.2) is 12.1 Å². The van der Waals surface area contributed by atoms with Crippen LogP contribution in [-0.4, -0.2) is 61.7 Å². The van der Waals surface area contributed by atoms with E-state index in [0.717, 1.165) is 0 Å². The number of aromatic nitrogens is 4. The van der Waals surface area contributed by atoms with Crippen LogP contribution in [0.4, 0.5) is 4.79 Å². The summed E-state index contributed by atoms with van der Waals surface area (Å²) in [6.07, 6.45) is 4.11. The molecule has 2 aromatic rings. The number of hydrogen-bond acceptors (Lipinski definition) is 7. The zero-order valence-electron chi connectivity index (χ0n) is 18.7. The predicted molar refractivity (Wildman–Crippen MR) is 114 cm³/mol. The predicted octanol–water partition coefficient (Wildman–Crippen LogP) is 2.80. The van der Waals surface area contributed by atoms with Crippen molar-refractivity contribution < 1.29 is 24.2 Å². The van der Waals surface area contributed by atoms with E-state index in [4.69, 9.17) is 14.6 Å². The Morgan fingerprint density at radius 3 is 2.66 bits per heavy atom. The van der Waals surface area contributed by atoms with Gasteiger partial charge < -0.3 is 19.5 Å². The number of hydrogen-bond donors (Lipinski definition) is 1. The lowest BCUT2D eigenvalue weighted by Crippen LogP contribution is -2.38. The second kappa shape index (κ2) is 9.13. The summed E-state index contributed by atoms with van der Waals surface area (Å²) < 4.78 is 13.0. The molecule has 0 saturated heterocycles. The lowest BCUT2D eigenvalue weighted by Gasteiger charge is -2.32. The van der Waals surface area contributed by atoms with Crippen LogP contribution in [0.3, 0.4) is 0 Å². The molecular weight excluding hydrogens is 414 g/mol. The third kappa shape index (κ3) is 4.68. The Balaban J connectivity index is 1.39. The topological polar surface area (TPSA) is 120 Å². The van der Waals surface area contributed by atoms with E-state index < -0.39 is 5.97 Å². The molecule has 10 nitrogen and oxygen atoms in total. The second-order valence-electron chi connectivity index (χ2n) is 8.77. The van der Waals surface area contributed by atoms with Crippen LogP contribution in [-0.2, 0) is 23.2 Å². The lowest BCUT2D eigenvalue weighted by atomic mass is 9.82. The first-order valence-corrected chi connectivity index (χ1v) is 11.0. The summed E-state index contributed by atoms with van der Waals surface area (Å²) in [5, 5.41) is 17.3. The maximum atomic E-state index is 12.4. The van der Waals surface area contributed by atoms with Gasteiger partial charge in [-0.3, -0.25) is 4.79 Å². The minimum atomic E-state index is -0.778. The van der Waals surface area contributed by atoms with E-state index in [9.17, 15) is 9.59 Å². The molecule has 4 rings (SSSR count). The van der Waals surface area contributed by atoms with Crippen LogP contribution in [0.25, 0.3) is 11.4 Å². The van der Waals surface area contributed by atoms with Crippen molar-refractivity contribution in [1.82, 2.24) is 24.9 Å². The Labute approximate surface area is 186 Å². The Morgan fingerprint density at radius 1 is 1.28 bits per heavy atom. The van der Waals surface area contributed by atoms with Crippen molar-refractivity contribution in [1.29, 1.82) is 0 Å². The molecule has 0 aliphatic heterocycles. The number of pyridine rings is 1. The van der Waals surface area contributed by atoms with Gasteiger partial charge in [0.05, 0.1) is 17.3 Å². The first-order chi connectivity index (χ1) is 15.3. The fourth-order valence-corrected chi connectivity index (χ4v) is 3.96. The molecule has 2 fully saturated rings. The smallest absolute Gasteiger partial charge is 0.409 e. The molecule has 0 aromatic carbocycles. The fourth-order valence-electron chi connectivity index (χ4n) is 3.96. The summed E-state index contributed by atoms with van der Waals surface area (Å²) in [6.45, 7) is 2.59. The number of carbonyl (C=O) groups excluding carboxylic acids is 1. The largest absolute Gasteiger partial charge is 0.488 e. The monoisotopic (exact) mass is 443 g/mol. The molecule has 2 aliphatic rings. The molecule has 2 aromatic heterocycles. The first-order valence-electron chi connectivity index (χ1n) is 11.0. The molecule has 0 radical (unpaired) electrons. The molecular formula is C22H29N5O5. The minimum Gasteiger partial charge on any atom is -0.488 e. The summed E-state index contributed by atoms with van der Waals surface area (Å²) in [5.41, 5.74) is 2.48. The molecule has 2 heterocycles. The van der Waals surface area contributed by atoms with Gasteiger partial charge in [-0.2, -0.15) is 0 Å². The zero-order chi connectivity index (χ0) is 22.8. The molecule has 0 bridgehead atoms. The summed E-state index contributed by atoms with van der Waals surface area (Å²) in [4.78, 5) is 29.5. The Kier molecular flexibility index (Phi) is 6.29. The molecule has 0 unspecified atom stereocenters. The second-order valence-corrected chi connectivity index (χ2v) is 8.77. The van der Waals surface area contributed by atoms with E-state index in [2.05, 4.69) is 15.3 Å². The number of ether oxygens (including phenoxy) is 2. The number of carbonyl (C=O) groups is 2. The average Bonchev–Trinajstić information content (AvgIpc) is 3.06. The van der Waals surface area contributed by atoms with E-state index in [1.165, 1.54) is 19.3 Å². The number of carboxylic acids is 1. The molecule has 0 atom stereocenters. The van der Waals surface area contributed by atoms with Crippen molar-refractivity contribution >= 4 is 12.1 Å². The number of aryl methyl sites for hydroxylation is 2. The number of aliphatic carboxylic acids is 1. The molecule has 2 saturated carbocycles. The van der Waals surface area contributed by atoms with Crippen molar-refractivity contribution in [3.8, 4) is 17.1 Å². The van der Waals surface area contributed by atoms with Gasteiger partial charge in [-0.05, 0) is 50.7 Å². The van der Waals surface area contributed by atoms with Crippen molar-refractivity contribution in [3.63, 3.8) is 0 Å². The molecule has 10 heteroatoms. The van der Waals surface area contributed by atoms with Crippen molar-refractivity contribution in [2.24, 2.45) is 18.9 Å². The summed E-state index contributed by atoms with van der Waals surface area (Å²) in [7, 11) is 3.50. The average molecular weight is 444 g/mol. The minimum absolute atomic E-state index is 0.0459. The van der Waals surface area contributed by atoms with Crippen molar-refractivity contribution in [2.75, 3.05) is 13.6 Å². The SMILES string of the molecule is Cc1nc(-c2nnn(C)c2COC(=O)N(C)CC2CCC2)ccc1OC1CC(C(=O)O)C1. The van der Waals surface area contributed by atoms with Gasteiger partial charge in [0, 0.05) is 20.6 Å². The standard InChI is InChI=1S/C22H29N5O5/c1-13-19(32-16-9-15(10-16)21(28)29)8-7-17(23-13)20-18(27(3)25-24-20)12-31-22(30)26(2)11-14-5-4-6-14/h7-8,14-16H,4-6,9-12H2,1-3H3,(H,28,29). The van der Waals surface area contributed by atoms with Gasteiger partial charge >= 0.3 is 12.1 Å². The van der Waals surface area contributed by atoms with E-state index in [1.54, 1.807) is 29.7 Å². The third-order valence-corrected chi connectivity index (χ3v) is 6.36. The number of nitrogens with zero attached hydrogens (tertiary/aromatic N) is 5. The lowest BCUT2D eigenvalue weighted by molar-refractivity contribution is -0.147. The van der Waals surface area contributed by atoms with Gasteiger partial charge in [0.2, 0.25) is 0 Å². The highest BCUT2D eigenvalue weighted by molar-refractivity contribution is 5.71. The van der Waals surface area contributed by atoms with E-state index in [0.29, 0.717) is 53.8 Å². The Hall–Kier alpha value is -3.17. The third-order valence-electron chi connectivity index (χ3n) is 6.36. The highest BCUT2D eigenvalue weighted by Crippen LogP contribution is 2.33. The maximum Gasteiger partial charge on any atom is 0.409 e. The van der Waals surface area contributed by atoms with E-state index >= 15 is 0 Å². The van der Waals surface area contributed by atoms with Crippen LogP contribution in [0.2, 0.25) is 0 Å². The number of carboxylic acid groups (broad SMARTS) is 1. The highest BCUT2D eigenvalue weighted by Gasteiger charge is 2.36. The summed E-state index contributed by atoms with van der Waals surface area (Å²) in [5.74, 6) is 0.0896. The summed E-state index contributed by atoms with van der Waals surface area (Å²) >= 11 is 0. The van der Waals surface area contributed by atoms with Crippen LogP contribution in [0, 0.1) is 18.8 Å².